The van der Waals surface area contributed by atoms with Crippen LogP contribution in [-0.2, 0) is 4.79 Å². The second-order valence-electron chi connectivity index (χ2n) is 7.73. The molecule has 0 aromatic carbocycles. The third kappa shape index (κ3) is 5.44. The lowest BCUT2D eigenvalue weighted by Gasteiger charge is -2.40. The molecule has 2 fully saturated rings. The summed E-state index contributed by atoms with van der Waals surface area (Å²) in [5.74, 6) is 0.154. The molecule has 5 nitrogen and oxygen atoms in total. The van der Waals surface area contributed by atoms with E-state index in [-0.39, 0.29) is 18.0 Å². The number of likely N-dealkylation sites (tertiary alicyclic amines) is 1. The second-order valence-corrected chi connectivity index (χ2v) is 7.73. The van der Waals surface area contributed by atoms with E-state index in [0.717, 1.165) is 64.6 Å². The highest BCUT2D eigenvalue weighted by atomic mass is 16.3. The van der Waals surface area contributed by atoms with E-state index in [1.807, 2.05) is 19.0 Å². The summed E-state index contributed by atoms with van der Waals surface area (Å²) in [6, 6.07) is 0.254. The zero-order chi connectivity index (χ0) is 16.9. The van der Waals surface area contributed by atoms with E-state index >= 15 is 0 Å². The van der Waals surface area contributed by atoms with Crippen molar-refractivity contribution in [3.63, 3.8) is 0 Å². The fourth-order valence-electron chi connectivity index (χ4n) is 4.10. The van der Waals surface area contributed by atoms with Crippen LogP contribution < -0.4 is 5.32 Å². The fourth-order valence-corrected chi connectivity index (χ4v) is 4.10. The van der Waals surface area contributed by atoms with Gasteiger partial charge in [-0.2, -0.15) is 0 Å². The van der Waals surface area contributed by atoms with Crippen LogP contribution in [0.2, 0.25) is 0 Å². The lowest BCUT2D eigenvalue weighted by atomic mass is 9.84. The number of aliphatic hydroxyl groups is 1. The molecule has 1 amide bonds. The third-order valence-corrected chi connectivity index (χ3v) is 5.55. The molecular weight excluding hydrogens is 290 g/mol. The number of carbonyl (C=O) groups is 1. The summed E-state index contributed by atoms with van der Waals surface area (Å²) in [7, 11) is 3.92. The van der Waals surface area contributed by atoms with Crippen LogP contribution in [-0.4, -0.2) is 72.2 Å². The number of hydrogen-bond donors (Lipinski definition) is 2. The normalized spacial score (nSPS) is 24.6. The summed E-state index contributed by atoms with van der Waals surface area (Å²) in [6.45, 7) is 4.82. The molecule has 1 aliphatic carbocycles. The molecule has 1 aliphatic heterocycles. The maximum absolute atomic E-state index is 12.3. The van der Waals surface area contributed by atoms with E-state index in [0.29, 0.717) is 0 Å². The molecule has 1 saturated heterocycles. The predicted octanol–water partition coefficient (Wildman–Crippen LogP) is 1.60. The molecule has 1 unspecified atom stereocenters. The van der Waals surface area contributed by atoms with Crippen LogP contribution in [0, 0.1) is 0 Å². The summed E-state index contributed by atoms with van der Waals surface area (Å²) >= 11 is 0. The van der Waals surface area contributed by atoms with E-state index in [9.17, 15) is 9.90 Å². The Bertz CT molecular complexity index is 372. The first-order chi connectivity index (χ1) is 10.9. The van der Waals surface area contributed by atoms with E-state index in [1.54, 1.807) is 0 Å². The number of carbonyl (C=O) groups excluding carboxylic acids is 1. The summed E-state index contributed by atoms with van der Waals surface area (Å²) in [5.41, 5.74) is -0.466. The quantitative estimate of drug-likeness (QED) is 0.779. The maximum Gasteiger partial charge on any atom is 0.237 e. The third-order valence-electron chi connectivity index (χ3n) is 5.55. The van der Waals surface area contributed by atoms with Gasteiger partial charge in [0.15, 0.2) is 0 Å². The van der Waals surface area contributed by atoms with Gasteiger partial charge >= 0.3 is 0 Å². The molecule has 1 atom stereocenters. The number of nitrogens with one attached hydrogen (secondary N) is 1. The number of nitrogens with zero attached hydrogens (tertiary/aromatic N) is 2. The number of likely N-dealkylation sites (N-methyl/N-ethyl adjacent to an activating group) is 1. The minimum atomic E-state index is -0.466. The minimum Gasteiger partial charge on any atom is -0.389 e. The highest BCUT2D eigenvalue weighted by Gasteiger charge is 2.33. The van der Waals surface area contributed by atoms with Gasteiger partial charge in [-0.3, -0.25) is 9.69 Å². The van der Waals surface area contributed by atoms with Crippen LogP contribution in [0.15, 0.2) is 0 Å². The smallest absolute Gasteiger partial charge is 0.237 e. The van der Waals surface area contributed by atoms with Gasteiger partial charge in [-0.05, 0) is 46.2 Å². The number of β-amino-alcohol motifs (C(OH)–C–C–N with tert-alkyl or cyclic N) is 1. The fraction of sp³-hybridized carbons (Fsp3) is 0.944. The van der Waals surface area contributed by atoms with Crippen molar-refractivity contribution in [2.24, 2.45) is 0 Å². The van der Waals surface area contributed by atoms with E-state index in [1.165, 1.54) is 6.42 Å². The Hall–Kier alpha value is -0.650. The van der Waals surface area contributed by atoms with Crippen molar-refractivity contribution in [3.8, 4) is 0 Å². The first kappa shape index (κ1) is 18.7. The SMILES string of the molecule is CCC(C(=O)NC1CCN(CC2(O)CCCCC2)CC1)N(C)C. The number of piperidine rings is 1. The Morgan fingerprint density at radius 1 is 1.26 bits per heavy atom. The molecule has 134 valence electrons. The molecule has 2 aliphatic rings. The van der Waals surface area contributed by atoms with Gasteiger partial charge in [0.2, 0.25) is 5.91 Å². The number of amides is 1. The van der Waals surface area contributed by atoms with Crippen molar-refractivity contribution in [1.82, 2.24) is 15.1 Å². The molecule has 1 heterocycles. The number of rotatable bonds is 6. The van der Waals surface area contributed by atoms with Gasteiger partial charge in [-0.15, -0.1) is 0 Å². The Labute approximate surface area is 141 Å². The van der Waals surface area contributed by atoms with E-state index < -0.39 is 5.60 Å². The van der Waals surface area contributed by atoms with Gasteiger partial charge in [-0.1, -0.05) is 26.2 Å². The van der Waals surface area contributed by atoms with Gasteiger partial charge in [0, 0.05) is 25.7 Å². The van der Waals surface area contributed by atoms with Gasteiger partial charge in [-0.25, -0.2) is 0 Å². The standard InChI is InChI=1S/C18H35N3O2/c1-4-16(20(2)3)17(22)19-15-8-12-21(13-9-15)14-18(23)10-6-5-7-11-18/h15-16,23H,4-14H2,1-3H3,(H,19,22). The van der Waals surface area contributed by atoms with E-state index in [4.69, 9.17) is 0 Å². The van der Waals surface area contributed by atoms with Crippen molar-refractivity contribution in [1.29, 1.82) is 0 Å². The van der Waals surface area contributed by atoms with Crippen molar-refractivity contribution in [2.75, 3.05) is 33.7 Å². The molecule has 5 heteroatoms. The number of hydrogen-bond acceptors (Lipinski definition) is 4. The Kier molecular flexibility index (Phi) is 6.86. The maximum atomic E-state index is 12.3. The second kappa shape index (κ2) is 8.45. The first-order valence-electron chi connectivity index (χ1n) is 9.35. The minimum absolute atomic E-state index is 0.0315. The molecular formula is C18H35N3O2. The molecule has 0 aromatic rings. The van der Waals surface area contributed by atoms with Gasteiger partial charge in [0.05, 0.1) is 11.6 Å². The zero-order valence-electron chi connectivity index (χ0n) is 15.2. The average molecular weight is 325 g/mol. The Morgan fingerprint density at radius 2 is 1.87 bits per heavy atom. The van der Waals surface area contributed by atoms with Crippen LogP contribution in [0.5, 0.6) is 0 Å². The van der Waals surface area contributed by atoms with Gasteiger partial charge in [0.1, 0.15) is 0 Å². The van der Waals surface area contributed by atoms with Crippen LogP contribution in [0.1, 0.15) is 58.3 Å². The highest BCUT2D eigenvalue weighted by molar-refractivity contribution is 5.81. The van der Waals surface area contributed by atoms with Crippen LogP contribution in [0.25, 0.3) is 0 Å². The van der Waals surface area contributed by atoms with Crippen LogP contribution >= 0.6 is 0 Å². The largest absolute Gasteiger partial charge is 0.389 e. The molecule has 0 aromatic heterocycles. The molecule has 1 saturated carbocycles. The monoisotopic (exact) mass is 325 g/mol. The van der Waals surface area contributed by atoms with Crippen molar-refractivity contribution >= 4 is 5.91 Å². The summed E-state index contributed by atoms with van der Waals surface area (Å²) in [5, 5.41) is 13.9. The van der Waals surface area contributed by atoms with Crippen molar-refractivity contribution in [2.45, 2.75) is 76.0 Å². The summed E-state index contributed by atoms with van der Waals surface area (Å²) in [6.07, 6.45) is 8.30. The molecule has 23 heavy (non-hydrogen) atoms. The summed E-state index contributed by atoms with van der Waals surface area (Å²) < 4.78 is 0. The van der Waals surface area contributed by atoms with Crippen LogP contribution in [0.4, 0.5) is 0 Å². The topological polar surface area (TPSA) is 55.8 Å². The lowest BCUT2D eigenvalue weighted by molar-refractivity contribution is -0.126. The Morgan fingerprint density at radius 3 is 2.39 bits per heavy atom. The molecule has 2 N–H and O–H groups in total. The van der Waals surface area contributed by atoms with Gasteiger partial charge in [0.25, 0.3) is 0 Å². The lowest BCUT2D eigenvalue weighted by Crippen LogP contribution is -2.52. The molecule has 0 radical (unpaired) electrons. The highest BCUT2D eigenvalue weighted by Crippen LogP contribution is 2.29. The predicted molar refractivity (Wildman–Crippen MR) is 93.4 cm³/mol. The van der Waals surface area contributed by atoms with E-state index in [2.05, 4.69) is 17.1 Å². The molecule has 0 spiro atoms. The Balaban J connectivity index is 1.74. The zero-order valence-corrected chi connectivity index (χ0v) is 15.2. The molecule has 0 bridgehead atoms. The molecule has 2 rings (SSSR count). The van der Waals surface area contributed by atoms with Crippen LogP contribution in [0.3, 0.4) is 0 Å². The average Bonchev–Trinajstić information content (AvgIpc) is 2.50. The van der Waals surface area contributed by atoms with Crippen molar-refractivity contribution in [3.05, 3.63) is 0 Å². The summed E-state index contributed by atoms with van der Waals surface area (Å²) in [4.78, 5) is 16.7. The van der Waals surface area contributed by atoms with Gasteiger partial charge < -0.3 is 15.3 Å². The first-order valence-corrected chi connectivity index (χ1v) is 9.35. The van der Waals surface area contributed by atoms with Crippen molar-refractivity contribution < 1.29 is 9.90 Å².